The molecule has 7 nitrogen and oxygen atoms in total. The van der Waals surface area contributed by atoms with Crippen LogP contribution < -0.4 is 10.1 Å². The normalized spacial score (nSPS) is 24.0. The van der Waals surface area contributed by atoms with Crippen LogP contribution in [0.5, 0.6) is 5.75 Å². The molecular formula is C17H25NO6. The average molecular weight is 339 g/mol. The van der Waals surface area contributed by atoms with Crippen molar-refractivity contribution >= 4 is 11.7 Å². The van der Waals surface area contributed by atoms with E-state index in [2.05, 4.69) is 5.32 Å². The summed E-state index contributed by atoms with van der Waals surface area (Å²) < 4.78 is 21.4. The minimum atomic E-state index is -0.946. The number of esters is 1. The van der Waals surface area contributed by atoms with Crippen LogP contribution in [-0.4, -0.2) is 55.4 Å². The second-order valence-electron chi connectivity index (χ2n) is 5.96. The molecule has 1 fully saturated rings. The van der Waals surface area contributed by atoms with Crippen LogP contribution >= 0.6 is 0 Å². The van der Waals surface area contributed by atoms with Crippen LogP contribution in [-0.2, 0) is 19.0 Å². The van der Waals surface area contributed by atoms with E-state index in [4.69, 9.17) is 18.9 Å². The lowest BCUT2D eigenvalue weighted by molar-refractivity contribution is -0.305. The van der Waals surface area contributed by atoms with E-state index in [0.717, 1.165) is 0 Å². The van der Waals surface area contributed by atoms with Gasteiger partial charge in [0.25, 0.3) is 0 Å². The highest BCUT2D eigenvalue weighted by Gasteiger charge is 2.43. The second kappa shape index (κ2) is 7.83. The van der Waals surface area contributed by atoms with Gasteiger partial charge >= 0.3 is 5.97 Å². The first-order chi connectivity index (χ1) is 11.4. The maximum atomic E-state index is 12.4. The van der Waals surface area contributed by atoms with Gasteiger partial charge in [-0.25, -0.2) is 4.79 Å². The predicted octanol–water partition coefficient (Wildman–Crippen LogP) is 1.55. The van der Waals surface area contributed by atoms with E-state index in [0.29, 0.717) is 11.4 Å². The number of carbonyl (C=O) groups is 1. The lowest BCUT2D eigenvalue weighted by atomic mass is 10.0. The van der Waals surface area contributed by atoms with Gasteiger partial charge in [-0.1, -0.05) is 0 Å². The summed E-state index contributed by atoms with van der Waals surface area (Å²) in [6.45, 7) is 5.52. The summed E-state index contributed by atoms with van der Waals surface area (Å²) in [6.07, 6.45) is -1.74. The lowest BCUT2D eigenvalue weighted by Crippen LogP contribution is -2.58. The SMILES string of the molecule is CCOC(=O)[C@@H](Nc1ccc(OC)cc1)[C@@H]1OC(C)(C)OC[C@@H]1O. The van der Waals surface area contributed by atoms with E-state index in [1.165, 1.54) is 0 Å². The van der Waals surface area contributed by atoms with Gasteiger partial charge in [-0.3, -0.25) is 0 Å². The number of ether oxygens (including phenoxy) is 4. The van der Waals surface area contributed by atoms with Gasteiger partial charge in [0.05, 0.1) is 20.3 Å². The molecule has 1 saturated heterocycles. The Morgan fingerprint density at radius 2 is 2.08 bits per heavy atom. The van der Waals surface area contributed by atoms with Crippen molar-refractivity contribution < 1.29 is 28.8 Å². The van der Waals surface area contributed by atoms with Crippen LogP contribution in [0.2, 0.25) is 0 Å². The quantitative estimate of drug-likeness (QED) is 0.761. The number of hydrogen-bond acceptors (Lipinski definition) is 7. The van der Waals surface area contributed by atoms with Gasteiger partial charge in [-0.05, 0) is 45.0 Å². The number of benzene rings is 1. The van der Waals surface area contributed by atoms with Crippen molar-refractivity contribution in [1.29, 1.82) is 0 Å². The molecule has 0 aromatic heterocycles. The first kappa shape index (κ1) is 18.5. The monoisotopic (exact) mass is 339 g/mol. The highest BCUT2D eigenvalue weighted by molar-refractivity contribution is 5.80. The molecular weight excluding hydrogens is 314 g/mol. The molecule has 0 saturated carbocycles. The van der Waals surface area contributed by atoms with Gasteiger partial charge < -0.3 is 29.4 Å². The average Bonchev–Trinajstić information content (AvgIpc) is 2.56. The molecule has 0 aliphatic carbocycles. The van der Waals surface area contributed by atoms with E-state index >= 15 is 0 Å². The third-order valence-electron chi connectivity index (χ3n) is 3.68. The minimum Gasteiger partial charge on any atom is -0.497 e. The van der Waals surface area contributed by atoms with Gasteiger partial charge in [0.1, 0.15) is 18.0 Å². The number of methoxy groups -OCH3 is 1. The summed E-state index contributed by atoms with van der Waals surface area (Å²) in [5, 5.41) is 13.3. The Morgan fingerprint density at radius 3 is 2.67 bits per heavy atom. The Labute approximate surface area is 141 Å². The maximum absolute atomic E-state index is 12.4. The van der Waals surface area contributed by atoms with E-state index in [1.54, 1.807) is 52.1 Å². The summed E-state index contributed by atoms with van der Waals surface area (Å²) >= 11 is 0. The number of hydrogen-bond donors (Lipinski definition) is 2. The lowest BCUT2D eigenvalue weighted by Gasteiger charge is -2.41. The Kier molecular flexibility index (Phi) is 6.04. The predicted molar refractivity (Wildman–Crippen MR) is 87.9 cm³/mol. The van der Waals surface area contributed by atoms with Crippen LogP contribution in [0.15, 0.2) is 24.3 Å². The first-order valence-corrected chi connectivity index (χ1v) is 7.93. The number of aliphatic hydroxyl groups is 1. The van der Waals surface area contributed by atoms with Crippen molar-refractivity contribution in [3.63, 3.8) is 0 Å². The third-order valence-corrected chi connectivity index (χ3v) is 3.68. The summed E-state index contributed by atoms with van der Waals surface area (Å²) in [4.78, 5) is 12.4. The molecule has 0 unspecified atom stereocenters. The molecule has 0 amide bonds. The molecule has 7 heteroatoms. The maximum Gasteiger partial charge on any atom is 0.331 e. The van der Waals surface area contributed by atoms with Gasteiger partial charge in [-0.2, -0.15) is 0 Å². The Balaban J connectivity index is 2.21. The summed E-state index contributed by atoms with van der Waals surface area (Å²) in [5.41, 5.74) is 0.689. The number of aliphatic hydroxyl groups excluding tert-OH is 1. The Hall–Kier alpha value is -1.83. The fraction of sp³-hybridized carbons (Fsp3) is 0.588. The first-order valence-electron chi connectivity index (χ1n) is 7.93. The number of carbonyl (C=O) groups excluding carboxylic acids is 1. The highest BCUT2D eigenvalue weighted by atomic mass is 16.7. The largest absolute Gasteiger partial charge is 0.497 e. The zero-order valence-electron chi connectivity index (χ0n) is 14.4. The van der Waals surface area contributed by atoms with Crippen molar-refractivity contribution in [3.05, 3.63) is 24.3 Å². The zero-order valence-corrected chi connectivity index (χ0v) is 14.4. The molecule has 2 N–H and O–H groups in total. The zero-order chi connectivity index (χ0) is 17.7. The number of nitrogens with one attached hydrogen (secondary N) is 1. The second-order valence-corrected chi connectivity index (χ2v) is 5.96. The topological polar surface area (TPSA) is 86.3 Å². The fourth-order valence-corrected chi connectivity index (χ4v) is 2.49. The molecule has 3 atom stereocenters. The minimum absolute atomic E-state index is 0.0812. The standard InChI is InChI=1S/C17H25NO6/c1-5-22-16(20)14(15-13(19)10-23-17(2,3)24-15)18-11-6-8-12(21-4)9-7-11/h6-9,13-15,18-19H,5,10H2,1-4H3/t13-,14-,15+/m0/s1. The van der Waals surface area contributed by atoms with E-state index in [-0.39, 0.29) is 13.2 Å². The molecule has 0 spiro atoms. The molecule has 1 aromatic carbocycles. The van der Waals surface area contributed by atoms with Crippen molar-refractivity contribution in [2.45, 2.75) is 44.8 Å². The summed E-state index contributed by atoms with van der Waals surface area (Å²) in [5.74, 6) is -0.678. The van der Waals surface area contributed by atoms with Crippen molar-refractivity contribution in [1.82, 2.24) is 0 Å². The fourth-order valence-electron chi connectivity index (χ4n) is 2.49. The van der Waals surface area contributed by atoms with Crippen LogP contribution in [0, 0.1) is 0 Å². The van der Waals surface area contributed by atoms with Crippen molar-refractivity contribution in [3.8, 4) is 5.75 Å². The molecule has 1 heterocycles. The van der Waals surface area contributed by atoms with Crippen molar-refractivity contribution in [2.75, 3.05) is 25.6 Å². The van der Waals surface area contributed by atoms with Crippen LogP contribution in [0.4, 0.5) is 5.69 Å². The molecule has 24 heavy (non-hydrogen) atoms. The van der Waals surface area contributed by atoms with Gasteiger partial charge in [0.15, 0.2) is 11.8 Å². The smallest absolute Gasteiger partial charge is 0.331 e. The van der Waals surface area contributed by atoms with Crippen LogP contribution in [0.25, 0.3) is 0 Å². The molecule has 0 radical (unpaired) electrons. The van der Waals surface area contributed by atoms with Gasteiger partial charge in [0, 0.05) is 5.69 Å². The molecule has 1 aliphatic rings. The molecule has 2 rings (SSSR count). The van der Waals surface area contributed by atoms with Gasteiger partial charge in [0.2, 0.25) is 0 Å². The Bertz CT molecular complexity index is 545. The van der Waals surface area contributed by atoms with Crippen LogP contribution in [0.3, 0.4) is 0 Å². The Morgan fingerprint density at radius 1 is 1.42 bits per heavy atom. The number of rotatable bonds is 6. The van der Waals surface area contributed by atoms with E-state index in [9.17, 15) is 9.90 Å². The molecule has 1 aliphatic heterocycles. The highest BCUT2D eigenvalue weighted by Crippen LogP contribution is 2.27. The van der Waals surface area contributed by atoms with Crippen LogP contribution in [0.1, 0.15) is 20.8 Å². The summed E-state index contributed by atoms with van der Waals surface area (Å²) in [6, 6.07) is 6.24. The number of anilines is 1. The molecule has 1 aromatic rings. The van der Waals surface area contributed by atoms with E-state index in [1.807, 2.05) is 0 Å². The molecule has 134 valence electrons. The van der Waals surface area contributed by atoms with Crippen molar-refractivity contribution in [2.24, 2.45) is 0 Å². The van der Waals surface area contributed by atoms with E-state index < -0.39 is 30.0 Å². The third kappa shape index (κ3) is 4.59. The van der Waals surface area contributed by atoms with Gasteiger partial charge in [-0.15, -0.1) is 0 Å². The molecule has 0 bridgehead atoms. The summed E-state index contributed by atoms with van der Waals surface area (Å²) in [7, 11) is 1.58.